The van der Waals surface area contributed by atoms with Crippen molar-refractivity contribution in [2.45, 2.75) is 19.8 Å². The summed E-state index contributed by atoms with van der Waals surface area (Å²) >= 11 is 5.73. The summed E-state index contributed by atoms with van der Waals surface area (Å²) in [4.78, 5) is 13.8. The number of halogens is 2. The third-order valence-corrected chi connectivity index (χ3v) is 4.27. The summed E-state index contributed by atoms with van der Waals surface area (Å²) in [5.41, 5.74) is 1.44. The number of alkyl halides is 2. The molecular formula is C19H18ClFN2O3. The molecule has 136 valence electrons. The maximum atomic E-state index is 12.6. The van der Waals surface area contributed by atoms with Gasteiger partial charge in [0, 0.05) is 12.6 Å². The van der Waals surface area contributed by atoms with Gasteiger partial charge < -0.3 is 14.2 Å². The van der Waals surface area contributed by atoms with Gasteiger partial charge in [-0.05, 0) is 34.5 Å². The van der Waals surface area contributed by atoms with Crippen LogP contribution in [0.2, 0.25) is 0 Å². The summed E-state index contributed by atoms with van der Waals surface area (Å²) in [5.74, 6) is 0.557. The number of carbonyl (C=O) groups is 1. The molecule has 0 saturated carbocycles. The molecular weight excluding hydrogens is 359 g/mol. The molecule has 0 aliphatic rings. The average molecular weight is 377 g/mol. The van der Waals surface area contributed by atoms with Crippen LogP contribution in [0, 0.1) is 0 Å². The first-order valence-electron chi connectivity index (χ1n) is 8.04. The Morgan fingerprint density at radius 2 is 1.96 bits per heavy atom. The first-order valence-corrected chi connectivity index (χ1v) is 8.57. The first-order chi connectivity index (χ1) is 12.6. The molecule has 2 aromatic carbocycles. The molecule has 0 bridgehead atoms. The monoisotopic (exact) mass is 376 g/mol. The molecule has 3 rings (SSSR count). The molecule has 0 saturated heterocycles. The average Bonchev–Trinajstić information content (AvgIpc) is 3.14. The van der Waals surface area contributed by atoms with Crippen LogP contribution in [0.1, 0.15) is 17.0 Å². The Bertz CT molecular complexity index is 913. The van der Waals surface area contributed by atoms with E-state index in [0.29, 0.717) is 12.2 Å². The van der Waals surface area contributed by atoms with E-state index in [1.165, 1.54) is 6.07 Å². The van der Waals surface area contributed by atoms with Crippen LogP contribution in [0.4, 0.5) is 4.39 Å². The number of hydrogen-bond donors (Lipinski definition) is 0. The number of aromatic nitrogens is 1. The van der Waals surface area contributed by atoms with Crippen LogP contribution in [0.5, 0.6) is 5.75 Å². The van der Waals surface area contributed by atoms with E-state index in [1.54, 1.807) is 12.0 Å². The number of nitrogens with zero attached hydrogens (tertiary/aromatic N) is 2. The standard InChI is InChI=1S/C19H18ClFN2O3/c1-25-17-5-4-14-6-13(2-3-15(14)7-17)11-23(19(24)9-20)12-16-8-18(10-21)26-22-16/h2-8H,9-12H2,1H3. The van der Waals surface area contributed by atoms with Gasteiger partial charge in [-0.25, -0.2) is 4.39 Å². The van der Waals surface area contributed by atoms with E-state index in [4.69, 9.17) is 20.9 Å². The predicted molar refractivity (Wildman–Crippen MR) is 96.8 cm³/mol. The van der Waals surface area contributed by atoms with E-state index < -0.39 is 6.67 Å². The van der Waals surface area contributed by atoms with Gasteiger partial charge in [0.15, 0.2) is 5.76 Å². The second-order valence-corrected chi connectivity index (χ2v) is 6.12. The number of hydrogen-bond acceptors (Lipinski definition) is 4. The first kappa shape index (κ1) is 18.2. The molecule has 0 aliphatic heterocycles. The van der Waals surface area contributed by atoms with Gasteiger partial charge in [0.25, 0.3) is 0 Å². The summed E-state index contributed by atoms with van der Waals surface area (Å²) in [6.07, 6.45) is 0. The predicted octanol–water partition coefficient (Wildman–Crippen LogP) is 4.07. The van der Waals surface area contributed by atoms with E-state index in [2.05, 4.69) is 5.16 Å². The highest BCUT2D eigenvalue weighted by Gasteiger charge is 2.16. The topological polar surface area (TPSA) is 55.6 Å². The van der Waals surface area contributed by atoms with E-state index in [9.17, 15) is 9.18 Å². The minimum atomic E-state index is -0.732. The van der Waals surface area contributed by atoms with Crippen LogP contribution >= 0.6 is 11.6 Å². The Kier molecular flexibility index (Phi) is 5.73. The lowest BCUT2D eigenvalue weighted by molar-refractivity contribution is -0.129. The molecule has 0 N–H and O–H groups in total. The zero-order valence-corrected chi connectivity index (χ0v) is 15.0. The van der Waals surface area contributed by atoms with Gasteiger partial charge >= 0.3 is 0 Å². The quantitative estimate of drug-likeness (QED) is 0.583. The second-order valence-electron chi connectivity index (χ2n) is 5.85. The van der Waals surface area contributed by atoms with Gasteiger partial charge in [-0.1, -0.05) is 23.4 Å². The molecule has 1 amide bonds. The van der Waals surface area contributed by atoms with Gasteiger partial charge in [-0.2, -0.15) is 0 Å². The van der Waals surface area contributed by atoms with Crippen molar-refractivity contribution in [2.24, 2.45) is 0 Å². The van der Waals surface area contributed by atoms with E-state index in [1.807, 2.05) is 36.4 Å². The highest BCUT2D eigenvalue weighted by atomic mass is 35.5. The van der Waals surface area contributed by atoms with Crippen molar-refractivity contribution in [3.63, 3.8) is 0 Å². The van der Waals surface area contributed by atoms with Crippen molar-refractivity contribution in [3.05, 3.63) is 59.5 Å². The SMILES string of the molecule is COc1ccc2cc(CN(Cc3cc(CF)on3)C(=O)CCl)ccc2c1. The number of amides is 1. The fourth-order valence-corrected chi connectivity index (χ4v) is 2.89. The molecule has 0 atom stereocenters. The molecule has 0 aliphatic carbocycles. The zero-order valence-electron chi connectivity index (χ0n) is 14.2. The molecule has 7 heteroatoms. The summed E-state index contributed by atoms with van der Waals surface area (Å²) in [5, 5.41) is 5.88. The number of carbonyl (C=O) groups excluding carboxylic acids is 1. The lowest BCUT2D eigenvalue weighted by Gasteiger charge is -2.21. The normalized spacial score (nSPS) is 10.9. The summed E-state index contributed by atoms with van der Waals surface area (Å²) in [6.45, 7) is -0.161. The zero-order chi connectivity index (χ0) is 18.5. The summed E-state index contributed by atoms with van der Waals surface area (Å²) < 4.78 is 22.7. The number of methoxy groups -OCH3 is 1. The van der Waals surface area contributed by atoms with Crippen molar-refractivity contribution >= 4 is 28.3 Å². The van der Waals surface area contributed by atoms with E-state index >= 15 is 0 Å². The number of fused-ring (bicyclic) bond motifs is 1. The van der Waals surface area contributed by atoms with Gasteiger partial charge in [0.05, 0.1) is 13.7 Å². The largest absolute Gasteiger partial charge is 0.497 e. The molecule has 0 radical (unpaired) electrons. The van der Waals surface area contributed by atoms with Gasteiger partial charge in [-0.15, -0.1) is 11.6 Å². The maximum Gasteiger partial charge on any atom is 0.238 e. The number of benzene rings is 2. The molecule has 0 spiro atoms. The molecule has 0 unspecified atom stereocenters. The highest BCUT2D eigenvalue weighted by Crippen LogP contribution is 2.23. The maximum absolute atomic E-state index is 12.6. The van der Waals surface area contributed by atoms with Crippen LogP contribution in [0.3, 0.4) is 0 Å². The van der Waals surface area contributed by atoms with Gasteiger partial charge in [-0.3, -0.25) is 4.79 Å². The van der Waals surface area contributed by atoms with Crippen LogP contribution in [0.25, 0.3) is 10.8 Å². The minimum Gasteiger partial charge on any atom is -0.497 e. The van der Waals surface area contributed by atoms with Crippen LogP contribution in [-0.2, 0) is 24.6 Å². The number of ether oxygens (including phenoxy) is 1. The van der Waals surface area contributed by atoms with Crippen molar-refractivity contribution in [2.75, 3.05) is 13.0 Å². The van der Waals surface area contributed by atoms with Gasteiger partial charge in [0.2, 0.25) is 5.91 Å². The van der Waals surface area contributed by atoms with Crippen LogP contribution < -0.4 is 4.74 Å². The Labute approximate surface area is 155 Å². The fourth-order valence-electron chi connectivity index (χ4n) is 2.72. The fraction of sp³-hybridized carbons (Fsp3) is 0.263. The smallest absolute Gasteiger partial charge is 0.238 e. The molecule has 1 aromatic heterocycles. The van der Waals surface area contributed by atoms with Crippen LogP contribution in [0.15, 0.2) is 47.0 Å². The molecule has 3 aromatic rings. The minimum absolute atomic E-state index is 0.137. The Balaban J connectivity index is 1.81. The van der Waals surface area contributed by atoms with Gasteiger partial charge in [0.1, 0.15) is 24.0 Å². The van der Waals surface area contributed by atoms with Crippen molar-refractivity contribution in [3.8, 4) is 5.75 Å². The van der Waals surface area contributed by atoms with E-state index in [0.717, 1.165) is 22.1 Å². The molecule has 5 nitrogen and oxygen atoms in total. The lowest BCUT2D eigenvalue weighted by Crippen LogP contribution is -2.31. The molecule has 0 fully saturated rings. The van der Waals surface area contributed by atoms with Crippen LogP contribution in [-0.4, -0.2) is 29.0 Å². The highest BCUT2D eigenvalue weighted by molar-refractivity contribution is 6.27. The van der Waals surface area contributed by atoms with E-state index in [-0.39, 0.29) is 24.1 Å². The Hall–Kier alpha value is -2.60. The lowest BCUT2D eigenvalue weighted by atomic mass is 10.1. The number of rotatable bonds is 7. The third-order valence-electron chi connectivity index (χ3n) is 4.04. The summed E-state index contributed by atoms with van der Waals surface area (Å²) in [6, 6.07) is 13.3. The third kappa shape index (κ3) is 4.14. The Morgan fingerprint density at radius 1 is 1.19 bits per heavy atom. The summed E-state index contributed by atoms with van der Waals surface area (Å²) in [7, 11) is 1.63. The second kappa shape index (κ2) is 8.19. The van der Waals surface area contributed by atoms with Crippen molar-refractivity contribution < 1.29 is 18.4 Å². The molecule has 26 heavy (non-hydrogen) atoms. The Morgan fingerprint density at radius 3 is 2.65 bits per heavy atom. The molecule has 1 heterocycles. The van der Waals surface area contributed by atoms with Crippen molar-refractivity contribution in [1.82, 2.24) is 10.1 Å². The van der Waals surface area contributed by atoms with Crippen molar-refractivity contribution in [1.29, 1.82) is 0 Å².